The Bertz CT molecular complexity index is 269. The molecule has 0 radical (unpaired) electrons. The summed E-state index contributed by atoms with van der Waals surface area (Å²) in [7, 11) is 0. The average Bonchev–Trinajstić information content (AvgIpc) is 2.38. The van der Waals surface area contributed by atoms with Gasteiger partial charge in [-0.15, -0.1) is 0 Å². The predicted molar refractivity (Wildman–Crippen MR) is 79.5 cm³/mol. The number of hydrogen-bond donors (Lipinski definition) is 1. The molecule has 2 aliphatic carbocycles. The summed E-state index contributed by atoms with van der Waals surface area (Å²) in [6.45, 7) is 2.34. The lowest BCUT2D eigenvalue weighted by atomic mass is 9.74. The highest BCUT2D eigenvalue weighted by atomic mass is 14.7. The first kappa shape index (κ1) is 14.1. The quantitative estimate of drug-likeness (QED) is 0.714. The zero-order valence-electron chi connectivity index (χ0n) is 12.2. The fraction of sp³-hybridized carbons (Fsp3) is 0.882. The van der Waals surface area contributed by atoms with Crippen LogP contribution in [0.25, 0.3) is 0 Å². The molecule has 1 heteroatoms. The average molecular weight is 249 g/mol. The molecule has 0 spiro atoms. The Morgan fingerprint density at radius 2 is 2.00 bits per heavy atom. The lowest BCUT2D eigenvalue weighted by Crippen LogP contribution is -2.35. The molecule has 3 unspecified atom stereocenters. The summed E-state index contributed by atoms with van der Waals surface area (Å²) in [5.41, 5.74) is 8.19. The SMILES string of the molecule is CCC1CCCC(C(N)C2=CCCCCCC2)C1. The van der Waals surface area contributed by atoms with Gasteiger partial charge in [0.25, 0.3) is 0 Å². The second-order valence-electron chi connectivity index (χ2n) is 6.46. The van der Waals surface area contributed by atoms with Crippen LogP contribution in [-0.2, 0) is 0 Å². The standard InChI is InChI=1S/C17H31N/c1-2-14-9-8-12-16(13-14)17(18)15-10-6-4-3-5-7-11-15/h10,14,16-17H,2-9,11-13,18H2,1H3. The molecule has 1 nitrogen and oxygen atoms in total. The molecule has 104 valence electrons. The number of nitrogens with two attached hydrogens (primary N) is 1. The Kier molecular flexibility index (Phi) is 5.75. The normalized spacial score (nSPS) is 32.2. The van der Waals surface area contributed by atoms with Gasteiger partial charge in [0.15, 0.2) is 0 Å². The fourth-order valence-corrected chi connectivity index (χ4v) is 3.85. The molecule has 3 atom stereocenters. The van der Waals surface area contributed by atoms with Crippen LogP contribution >= 0.6 is 0 Å². The molecular weight excluding hydrogens is 218 g/mol. The zero-order valence-corrected chi connectivity index (χ0v) is 12.2. The van der Waals surface area contributed by atoms with Crippen LogP contribution in [0.4, 0.5) is 0 Å². The third kappa shape index (κ3) is 3.85. The van der Waals surface area contributed by atoms with E-state index in [9.17, 15) is 0 Å². The fourth-order valence-electron chi connectivity index (χ4n) is 3.85. The molecule has 0 aromatic carbocycles. The first-order valence-corrected chi connectivity index (χ1v) is 8.25. The van der Waals surface area contributed by atoms with E-state index in [0.717, 1.165) is 11.8 Å². The molecule has 2 aliphatic rings. The lowest BCUT2D eigenvalue weighted by Gasteiger charge is -2.34. The molecule has 18 heavy (non-hydrogen) atoms. The summed E-state index contributed by atoms with van der Waals surface area (Å²) in [6.07, 6.45) is 17.5. The Morgan fingerprint density at radius 3 is 2.83 bits per heavy atom. The predicted octanol–water partition coefficient (Wildman–Crippen LogP) is 4.81. The van der Waals surface area contributed by atoms with E-state index in [4.69, 9.17) is 5.73 Å². The number of hydrogen-bond acceptors (Lipinski definition) is 1. The zero-order chi connectivity index (χ0) is 12.8. The second kappa shape index (κ2) is 7.33. The molecular formula is C17H31N. The molecule has 1 fully saturated rings. The van der Waals surface area contributed by atoms with Gasteiger partial charge < -0.3 is 5.73 Å². The van der Waals surface area contributed by atoms with Crippen molar-refractivity contribution in [3.8, 4) is 0 Å². The van der Waals surface area contributed by atoms with E-state index in [-0.39, 0.29) is 0 Å². The van der Waals surface area contributed by atoms with Crippen molar-refractivity contribution in [1.29, 1.82) is 0 Å². The second-order valence-corrected chi connectivity index (χ2v) is 6.46. The van der Waals surface area contributed by atoms with Gasteiger partial charge in [0.2, 0.25) is 0 Å². The van der Waals surface area contributed by atoms with Gasteiger partial charge in [0, 0.05) is 6.04 Å². The van der Waals surface area contributed by atoms with Crippen LogP contribution in [0.15, 0.2) is 11.6 Å². The topological polar surface area (TPSA) is 26.0 Å². The van der Waals surface area contributed by atoms with Crippen LogP contribution in [0.1, 0.15) is 77.6 Å². The van der Waals surface area contributed by atoms with E-state index >= 15 is 0 Å². The molecule has 0 amide bonds. The molecule has 0 aliphatic heterocycles. The van der Waals surface area contributed by atoms with Crippen molar-refractivity contribution in [2.24, 2.45) is 17.6 Å². The maximum absolute atomic E-state index is 6.59. The summed E-state index contributed by atoms with van der Waals surface area (Å²) in [5, 5.41) is 0. The summed E-state index contributed by atoms with van der Waals surface area (Å²) in [5.74, 6) is 1.72. The van der Waals surface area contributed by atoms with Crippen LogP contribution in [0.2, 0.25) is 0 Å². The monoisotopic (exact) mass is 249 g/mol. The molecule has 2 N–H and O–H groups in total. The van der Waals surface area contributed by atoms with Gasteiger partial charge >= 0.3 is 0 Å². The summed E-state index contributed by atoms with van der Waals surface area (Å²) >= 11 is 0. The van der Waals surface area contributed by atoms with Gasteiger partial charge in [0.1, 0.15) is 0 Å². The molecule has 0 saturated heterocycles. The van der Waals surface area contributed by atoms with E-state index < -0.39 is 0 Å². The largest absolute Gasteiger partial charge is 0.324 e. The van der Waals surface area contributed by atoms with Crippen molar-refractivity contribution in [3.63, 3.8) is 0 Å². The highest BCUT2D eigenvalue weighted by Crippen LogP contribution is 2.35. The van der Waals surface area contributed by atoms with Gasteiger partial charge in [-0.25, -0.2) is 0 Å². The third-order valence-electron chi connectivity index (χ3n) is 5.16. The first-order valence-electron chi connectivity index (χ1n) is 8.25. The van der Waals surface area contributed by atoms with Crippen molar-refractivity contribution in [1.82, 2.24) is 0 Å². The van der Waals surface area contributed by atoms with E-state index in [0.29, 0.717) is 6.04 Å². The maximum atomic E-state index is 6.59. The summed E-state index contributed by atoms with van der Waals surface area (Å²) in [4.78, 5) is 0. The highest BCUT2D eigenvalue weighted by Gasteiger charge is 2.27. The van der Waals surface area contributed by atoms with Crippen LogP contribution < -0.4 is 5.73 Å². The van der Waals surface area contributed by atoms with Crippen LogP contribution in [0, 0.1) is 11.8 Å². The Balaban J connectivity index is 1.93. The van der Waals surface area contributed by atoms with Crippen molar-refractivity contribution in [2.75, 3.05) is 0 Å². The Labute approximate surface area is 113 Å². The first-order chi connectivity index (χ1) is 8.81. The number of rotatable bonds is 3. The molecule has 1 saturated carbocycles. The van der Waals surface area contributed by atoms with Crippen LogP contribution in [0.5, 0.6) is 0 Å². The molecule has 0 aromatic rings. The van der Waals surface area contributed by atoms with Gasteiger partial charge in [0.05, 0.1) is 0 Å². The van der Waals surface area contributed by atoms with Gasteiger partial charge in [-0.3, -0.25) is 0 Å². The van der Waals surface area contributed by atoms with Crippen LogP contribution in [-0.4, -0.2) is 6.04 Å². The van der Waals surface area contributed by atoms with Gasteiger partial charge in [-0.1, -0.05) is 50.7 Å². The van der Waals surface area contributed by atoms with Crippen molar-refractivity contribution in [3.05, 3.63) is 11.6 Å². The minimum Gasteiger partial charge on any atom is -0.324 e. The number of allylic oxidation sites excluding steroid dienone is 1. The third-order valence-corrected chi connectivity index (χ3v) is 5.16. The maximum Gasteiger partial charge on any atom is 0.0282 e. The Morgan fingerprint density at radius 1 is 1.17 bits per heavy atom. The van der Waals surface area contributed by atoms with E-state index in [1.165, 1.54) is 70.6 Å². The molecule has 0 bridgehead atoms. The van der Waals surface area contributed by atoms with E-state index in [2.05, 4.69) is 13.0 Å². The van der Waals surface area contributed by atoms with E-state index in [1.54, 1.807) is 5.57 Å². The molecule has 0 aromatic heterocycles. The van der Waals surface area contributed by atoms with Gasteiger partial charge in [-0.2, -0.15) is 0 Å². The van der Waals surface area contributed by atoms with E-state index in [1.807, 2.05) is 0 Å². The smallest absolute Gasteiger partial charge is 0.0282 e. The highest BCUT2D eigenvalue weighted by molar-refractivity contribution is 5.13. The lowest BCUT2D eigenvalue weighted by molar-refractivity contribution is 0.239. The van der Waals surface area contributed by atoms with Crippen molar-refractivity contribution < 1.29 is 0 Å². The van der Waals surface area contributed by atoms with Gasteiger partial charge in [-0.05, 0) is 50.4 Å². The van der Waals surface area contributed by atoms with Crippen LogP contribution in [0.3, 0.4) is 0 Å². The summed E-state index contributed by atoms with van der Waals surface area (Å²) in [6, 6.07) is 0.373. The summed E-state index contributed by atoms with van der Waals surface area (Å²) < 4.78 is 0. The molecule has 2 rings (SSSR count). The Hall–Kier alpha value is -0.300. The minimum absolute atomic E-state index is 0.373. The minimum atomic E-state index is 0.373. The van der Waals surface area contributed by atoms with Crippen molar-refractivity contribution in [2.45, 2.75) is 83.6 Å². The van der Waals surface area contributed by atoms with Crippen molar-refractivity contribution >= 4 is 0 Å². The molecule has 0 heterocycles.